The molecule has 0 atom stereocenters. The molecule has 0 bridgehead atoms. The molecule has 2 rings (SSSR count). The normalized spacial score (nSPS) is 16.6. The van der Waals surface area contributed by atoms with Crippen LogP contribution >= 0.6 is 0 Å². The molecule has 1 aliphatic heterocycles. The van der Waals surface area contributed by atoms with Gasteiger partial charge in [-0.3, -0.25) is 10.2 Å². The predicted molar refractivity (Wildman–Crippen MR) is 75.0 cm³/mol. The number of carbonyl (C=O) groups excluding carboxylic acids is 1. The highest BCUT2D eigenvalue weighted by atomic mass is 16.5. The van der Waals surface area contributed by atoms with E-state index in [1.165, 1.54) is 0 Å². The quantitative estimate of drug-likeness (QED) is 0.479. The lowest BCUT2D eigenvalue weighted by atomic mass is 10.00. The second-order valence-corrected chi connectivity index (χ2v) is 5.42. The fourth-order valence-electron chi connectivity index (χ4n) is 2.58. The van der Waals surface area contributed by atoms with Gasteiger partial charge in [-0.25, -0.2) is 5.84 Å². The Kier molecular flexibility index (Phi) is 5.17. The number of hydrogen-bond acceptors (Lipinski definition) is 5. The first-order valence-corrected chi connectivity index (χ1v) is 6.96. The van der Waals surface area contributed by atoms with Crippen LogP contribution in [0.25, 0.3) is 0 Å². The maximum Gasteiger partial charge on any atom is 0.300 e. The largest absolute Gasteiger partial charge is 0.456 e. The van der Waals surface area contributed by atoms with E-state index in [0.717, 1.165) is 50.5 Å². The molecule has 1 aromatic rings. The molecule has 1 fully saturated rings. The van der Waals surface area contributed by atoms with Crippen LogP contribution < -0.4 is 11.3 Å². The minimum Gasteiger partial charge on any atom is -0.456 e. The summed E-state index contributed by atoms with van der Waals surface area (Å²) in [6, 6.07) is 1.76. The molecule has 0 aromatic carbocycles. The fraction of sp³-hybridized carbons (Fsp3) is 0.643. The first kappa shape index (κ1) is 15.0. The van der Waals surface area contributed by atoms with Gasteiger partial charge in [-0.1, -0.05) is 0 Å². The number of nitrogens with zero attached hydrogens (tertiary/aromatic N) is 1. The van der Waals surface area contributed by atoms with Crippen LogP contribution in [0.3, 0.4) is 0 Å². The monoisotopic (exact) mass is 281 g/mol. The lowest BCUT2D eigenvalue weighted by molar-refractivity contribution is 0.0549. The highest BCUT2D eigenvalue weighted by Gasteiger charge is 2.18. The van der Waals surface area contributed by atoms with Gasteiger partial charge in [-0.2, -0.15) is 0 Å². The van der Waals surface area contributed by atoms with Gasteiger partial charge in [0.15, 0.2) is 5.76 Å². The van der Waals surface area contributed by atoms with E-state index in [-0.39, 0.29) is 5.76 Å². The number of ether oxygens (including phenoxy) is 1. The summed E-state index contributed by atoms with van der Waals surface area (Å²) in [5, 5.41) is 0. The summed E-state index contributed by atoms with van der Waals surface area (Å²) in [5.41, 5.74) is 3.11. The van der Waals surface area contributed by atoms with Crippen LogP contribution in [0.15, 0.2) is 10.5 Å². The molecule has 3 N–H and O–H groups in total. The number of nitrogens with one attached hydrogen (secondary N) is 1. The third kappa shape index (κ3) is 3.82. The summed E-state index contributed by atoms with van der Waals surface area (Å²) in [7, 11) is 2.09. The Bertz CT molecular complexity index is 453. The molecule has 2 heterocycles. The number of amides is 1. The Morgan fingerprint density at radius 2 is 2.20 bits per heavy atom. The second-order valence-electron chi connectivity index (χ2n) is 5.42. The van der Waals surface area contributed by atoms with Crippen LogP contribution in [-0.4, -0.2) is 37.6 Å². The van der Waals surface area contributed by atoms with Crippen molar-refractivity contribution in [1.29, 1.82) is 0 Å². The SMILES string of the molecule is Cc1oc(C(=O)NN)cc1CN(C)CC1CCOCC1. The van der Waals surface area contributed by atoms with Crippen LogP contribution in [0, 0.1) is 12.8 Å². The number of nitrogen functional groups attached to an aromatic ring is 1. The number of carbonyl (C=O) groups is 1. The summed E-state index contributed by atoms with van der Waals surface area (Å²) in [6.07, 6.45) is 2.24. The average molecular weight is 281 g/mol. The van der Waals surface area contributed by atoms with Crippen molar-refractivity contribution in [1.82, 2.24) is 10.3 Å². The third-order valence-electron chi connectivity index (χ3n) is 3.73. The molecule has 1 aliphatic rings. The Hall–Kier alpha value is -1.37. The lowest BCUT2D eigenvalue weighted by Gasteiger charge is -2.26. The number of hydrazine groups is 1. The van der Waals surface area contributed by atoms with E-state index >= 15 is 0 Å². The molecule has 0 spiro atoms. The first-order valence-electron chi connectivity index (χ1n) is 6.96. The average Bonchev–Trinajstić information content (AvgIpc) is 2.80. The Morgan fingerprint density at radius 3 is 2.85 bits per heavy atom. The number of nitrogens with two attached hydrogens (primary N) is 1. The number of aryl methyl sites for hydroxylation is 1. The number of hydrogen-bond donors (Lipinski definition) is 2. The first-order chi connectivity index (χ1) is 9.60. The molecule has 0 aliphatic carbocycles. The van der Waals surface area contributed by atoms with Crippen LogP contribution in [0.2, 0.25) is 0 Å². The smallest absolute Gasteiger partial charge is 0.300 e. The maximum absolute atomic E-state index is 11.4. The minimum atomic E-state index is -0.397. The highest BCUT2D eigenvalue weighted by Crippen LogP contribution is 2.19. The topological polar surface area (TPSA) is 80.7 Å². The van der Waals surface area contributed by atoms with E-state index in [9.17, 15) is 4.79 Å². The summed E-state index contributed by atoms with van der Waals surface area (Å²) in [5.74, 6) is 6.43. The molecule has 1 amide bonds. The molecule has 1 saturated heterocycles. The molecule has 112 valence electrons. The Morgan fingerprint density at radius 1 is 1.50 bits per heavy atom. The lowest BCUT2D eigenvalue weighted by Crippen LogP contribution is -2.30. The van der Waals surface area contributed by atoms with E-state index in [0.29, 0.717) is 5.92 Å². The van der Waals surface area contributed by atoms with Crippen molar-refractivity contribution < 1.29 is 13.9 Å². The van der Waals surface area contributed by atoms with Crippen molar-refractivity contribution in [3.05, 3.63) is 23.2 Å². The molecule has 0 radical (unpaired) electrons. The van der Waals surface area contributed by atoms with Crippen molar-refractivity contribution >= 4 is 5.91 Å². The zero-order chi connectivity index (χ0) is 14.5. The van der Waals surface area contributed by atoms with Gasteiger partial charge in [0.1, 0.15) is 5.76 Å². The minimum absolute atomic E-state index is 0.263. The van der Waals surface area contributed by atoms with Gasteiger partial charge >= 0.3 is 5.91 Å². The second kappa shape index (κ2) is 6.88. The maximum atomic E-state index is 11.4. The zero-order valence-electron chi connectivity index (χ0n) is 12.1. The standard InChI is InChI=1S/C14H23N3O3/c1-10-12(7-13(20-10)14(18)16-15)9-17(2)8-11-3-5-19-6-4-11/h7,11H,3-6,8-9,15H2,1-2H3,(H,16,18). The number of furan rings is 1. The summed E-state index contributed by atoms with van der Waals surface area (Å²) in [6.45, 7) is 5.40. The molecular weight excluding hydrogens is 258 g/mol. The molecule has 20 heavy (non-hydrogen) atoms. The van der Waals surface area contributed by atoms with Crippen LogP contribution in [0.1, 0.15) is 34.7 Å². The van der Waals surface area contributed by atoms with Crippen molar-refractivity contribution in [2.45, 2.75) is 26.3 Å². The van der Waals surface area contributed by atoms with Crippen molar-refractivity contribution in [3.63, 3.8) is 0 Å². The molecule has 0 saturated carbocycles. The Balaban J connectivity index is 1.91. The summed E-state index contributed by atoms with van der Waals surface area (Å²) >= 11 is 0. The van der Waals surface area contributed by atoms with Crippen LogP contribution in [0.4, 0.5) is 0 Å². The van der Waals surface area contributed by atoms with Gasteiger partial charge in [-0.15, -0.1) is 0 Å². The van der Waals surface area contributed by atoms with E-state index in [1.54, 1.807) is 6.07 Å². The predicted octanol–water partition coefficient (Wildman–Crippen LogP) is 1.05. The van der Waals surface area contributed by atoms with Crippen molar-refractivity contribution in [2.75, 3.05) is 26.8 Å². The molecule has 6 nitrogen and oxygen atoms in total. The Labute approximate surface area is 119 Å². The van der Waals surface area contributed by atoms with Crippen molar-refractivity contribution in [3.8, 4) is 0 Å². The summed E-state index contributed by atoms with van der Waals surface area (Å²) in [4.78, 5) is 13.7. The van der Waals surface area contributed by atoms with E-state index in [4.69, 9.17) is 15.0 Å². The fourth-order valence-corrected chi connectivity index (χ4v) is 2.58. The van der Waals surface area contributed by atoms with Gasteiger partial charge in [0.2, 0.25) is 0 Å². The zero-order valence-corrected chi connectivity index (χ0v) is 12.1. The van der Waals surface area contributed by atoms with Gasteiger partial charge in [0, 0.05) is 31.9 Å². The highest BCUT2D eigenvalue weighted by molar-refractivity contribution is 5.91. The van der Waals surface area contributed by atoms with Gasteiger partial charge < -0.3 is 14.1 Å². The van der Waals surface area contributed by atoms with Gasteiger partial charge in [0.05, 0.1) is 0 Å². The molecule has 1 aromatic heterocycles. The third-order valence-corrected chi connectivity index (χ3v) is 3.73. The van der Waals surface area contributed by atoms with Crippen LogP contribution in [0.5, 0.6) is 0 Å². The molecule has 6 heteroatoms. The molecular formula is C14H23N3O3. The van der Waals surface area contributed by atoms with Crippen LogP contribution in [-0.2, 0) is 11.3 Å². The summed E-state index contributed by atoms with van der Waals surface area (Å²) < 4.78 is 10.8. The van der Waals surface area contributed by atoms with E-state index in [2.05, 4.69) is 17.4 Å². The van der Waals surface area contributed by atoms with Gasteiger partial charge in [-0.05, 0) is 38.8 Å². The van der Waals surface area contributed by atoms with E-state index in [1.807, 2.05) is 6.92 Å². The molecule has 0 unspecified atom stereocenters. The van der Waals surface area contributed by atoms with E-state index < -0.39 is 5.91 Å². The number of rotatable bonds is 5. The van der Waals surface area contributed by atoms with Crippen molar-refractivity contribution in [2.24, 2.45) is 11.8 Å². The van der Waals surface area contributed by atoms with Gasteiger partial charge in [0.25, 0.3) is 0 Å².